The number of rotatable bonds is 2. The van der Waals surface area contributed by atoms with Crippen LogP contribution in [0.3, 0.4) is 0 Å². The van der Waals surface area contributed by atoms with E-state index in [4.69, 9.17) is 4.74 Å². The molecule has 0 aromatic heterocycles. The maximum absolute atomic E-state index is 11.7. The van der Waals surface area contributed by atoms with E-state index in [1.165, 1.54) is 11.9 Å². The van der Waals surface area contributed by atoms with Gasteiger partial charge in [-0.2, -0.15) is 0 Å². The van der Waals surface area contributed by atoms with E-state index in [0.29, 0.717) is 0 Å². The molecule has 2 heterocycles. The van der Waals surface area contributed by atoms with Gasteiger partial charge in [0.1, 0.15) is 17.8 Å². The zero-order valence-electron chi connectivity index (χ0n) is 9.58. The predicted octanol–water partition coefficient (Wildman–Crippen LogP) is 0.251. The second-order valence-electron chi connectivity index (χ2n) is 4.23. The molecule has 0 bridgehead atoms. The largest absolute Gasteiger partial charge is 0.497 e. The summed E-state index contributed by atoms with van der Waals surface area (Å²) >= 11 is 0. The number of piperazine rings is 1. The average molecular weight is 232 g/mol. The molecule has 2 aliphatic rings. The lowest BCUT2D eigenvalue weighted by Gasteiger charge is -2.15. The molecule has 0 N–H and O–H groups in total. The molecular weight excluding hydrogens is 220 g/mol. The third-order valence-electron chi connectivity index (χ3n) is 3.35. The van der Waals surface area contributed by atoms with Crippen molar-refractivity contribution < 1.29 is 14.3 Å². The van der Waals surface area contributed by atoms with Gasteiger partial charge in [-0.1, -0.05) is 0 Å². The minimum atomic E-state index is -0.291. The van der Waals surface area contributed by atoms with Crippen LogP contribution in [-0.4, -0.2) is 43.0 Å². The molecule has 1 aromatic carbocycles. The van der Waals surface area contributed by atoms with E-state index in [1.807, 2.05) is 29.2 Å². The van der Waals surface area contributed by atoms with Crippen LogP contribution in [-0.2, 0) is 9.59 Å². The molecule has 2 saturated heterocycles. The van der Waals surface area contributed by atoms with Crippen LogP contribution in [0.15, 0.2) is 24.3 Å². The fraction of sp³-hybridized carbons (Fsp3) is 0.333. The molecule has 0 saturated carbocycles. The van der Waals surface area contributed by atoms with Crippen molar-refractivity contribution in [3.8, 4) is 5.75 Å². The average Bonchev–Trinajstić information content (AvgIpc) is 3.06. The lowest BCUT2D eigenvalue weighted by Crippen LogP contribution is -2.35. The number of fused-ring (bicyclic) bond motifs is 1. The summed E-state index contributed by atoms with van der Waals surface area (Å²) in [5, 5.41) is 0. The molecule has 2 fully saturated rings. The van der Waals surface area contributed by atoms with Gasteiger partial charge in [0.25, 0.3) is 11.8 Å². The topological polar surface area (TPSA) is 49.6 Å². The third-order valence-corrected chi connectivity index (χ3v) is 3.35. The summed E-state index contributed by atoms with van der Waals surface area (Å²) in [7, 11) is 3.13. The van der Waals surface area contributed by atoms with E-state index >= 15 is 0 Å². The molecule has 0 unspecified atom stereocenters. The van der Waals surface area contributed by atoms with E-state index in [9.17, 15) is 9.59 Å². The fourth-order valence-electron chi connectivity index (χ4n) is 2.32. The van der Waals surface area contributed by atoms with Gasteiger partial charge in [-0.25, -0.2) is 0 Å². The van der Waals surface area contributed by atoms with Crippen molar-refractivity contribution in [2.45, 2.75) is 12.1 Å². The van der Waals surface area contributed by atoms with Gasteiger partial charge in [0.05, 0.1) is 7.11 Å². The summed E-state index contributed by atoms with van der Waals surface area (Å²) < 4.78 is 5.06. The first kappa shape index (κ1) is 10.1. The Morgan fingerprint density at radius 2 is 1.59 bits per heavy atom. The highest BCUT2D eigenvalue weighted by atomic mass is 16.5. The van der Waals surface area contributed by atoms with E-state index in [2.05, 4.69) is 0 Å². The molecule has 88 valence electrons. The Morgan fingerprint density at radius 3 is 2.06 bits per heavy atom. The monoisotopic (exact) mass is 232 g/mol. The number of methoxy groups -OCH3 is 1. The van der Waals surface area contributed by atoms with Crippen LogP contribution in [0.4, 0.5) is 5.69 Å². The Bertz CT molecular complexity index is 475. The smallest absolute Gasteiger partial charge is 0.254 e. The van der Waals surface area contributed by atoms with Crippen LogP contribution in [0.25, 0.3) is 0 Å². The zero-order chi connectivity index (χ0) is 12.2. The Hall–Kier alpha value is -2.04. The number of amides is 2. The number of nitrogens with zero attached hydrogens (tertiary/aromatic N) is 2. The maximum atomic E-state index is 11.7. The van der Waals surface area contributed by atoms with Crippen LogP contribution >= 0.6 is 0 Å². The highest BCUT2D eigenvalue weighted by Crippen LogP contribution is 2.41. The standard InChI is InChI=1S/C12H12N2O3/c1-13-11(15)9-10(12(13)16)14(9)7-3-5-8(17-2)6-4-7/h3-6,9-10H,1-2H3/t9-,10-/m0/s1. The normalized spacial score (nSPS) is 26.2. The minimum absolute atomic E-state index is 0.115. The zero-order valence-corrected chi connectivity index (χ0v) is 9.58. The van der Waals surface area contributed by atoms with E-state index in [-0.39, 0.29) is 23.9 Å². The molecule has 17 heavy (non-hydrogen) atoms. The van der Waals surface area contributed by atoms with Crippen molar-refractivity contribution in [3.05, 3.63) is 24.3 Å². The number of hydrogen-bond donors (Lipinski definition) is 0. The summed E-state index contributed by atoms with van der Waals surface area (Å²) in [5.41, 5.74) is 0.885. The van der Waals surface area contributed by atoms with Crippen LogP contribution in [0, 0.1) is 0 Å². The van der Waals surface area contributed by atoms with Gasteiger partial charge in [-0.05, 0) is 24.3 Å². The number of anilines is 1. The summed E-state index contributed by atoms with van der Waals surface area (Å²) in [6.07, 6.45) is 0. The van der Waals surface area contributed by atoms with Crippen molar-refractivity contribution >= 4 is 17.5 Å². The van der Waals surface area contributed by atoms with Crippen molar-refractivity contribution in [2.75, 3.05) is 19.1 Å². The van der Waals surface area contributed by atoms with Crippen LogP contribution in [0.1, 0.15) is 0 Å². The van der Waals surface area contributed by atoms with Crippen molar-refractivity contribution in [1.29, 1.82) is 0 Å². The van der Waals surface area contributed by atoms with Gasteiger partial charge in [0.15, 0.2) is 0 Å². The molecule has 3 rings (SSSR count). The van der Waals surface area contributed by atoms with Gasteiger partial charge in [-0.3, -0.25) is 14.5 Å². The Morgan fingerprint density at radius 1 is 1.06 bits per heavy atom. The summed E-state index contributed by atoms with van der Waals surface area (Å²) in [6, 6.07) is 6.78. The molecule has 2 amide bonds. The number of likely N-dealkylation sites (tertiary alicyclic amines) is 1. The van der Waals surface area contributed by atoms with Gasteiger partial charge in [-0.15, -0.1) is 0 Å². The maximum Gasteiger partial charge on any atom is 0.254 e. The molecule has 2 atom stereocenters. The van der Waals surface area contributed by atoms with E-state index in [0.717, 1.165) is 11.4 Å². The Balaban J connectivity index is 1.85. The molecular formula is C12H12N2O3. The number of likely N-dealkylation sites (N-methyl/N-ethyl adjacent to an activating group) is 1. The number of benzene rings is 1. The summed E-state index contributed by atoms with van der Waals surface area (Å²) in [4.78, 5) is 26.4. The second kappa shape index (κ2) is 3.23. The molecule has 0 spiro atoms. The SMILES string of the molecule is COc1ccc(N2[C@@H]3C(=O)N(C)C(=O)[C@H]32)cc1. The molecule has 0 radical (unpaired) electrons. The number of hydrogen-bond acceptors (Lipinski definition) is 4. The van der Waals surface area contributed by atoms with Crippen LogP contribution in [0.5, 0.6) is 5.75 Å². The predicted molar refractivity (Wildman–Crippen MR) is 60.8 cm³/mol. The second-order valence-corrected chi connectivity index (χ2v) is 4.23. The summed E-state index contributed by atoms with van der Waals surface area (Å²) in [6.45, 7) is 0. The van der Waals surface area contributed by atoms with Crippen molar-refractivity contribution in [1.82, 2.24) is 4.90 Å². The molecule has 5 nitrogen and oxygen atoms in total. The fourth-order valence-corrected chi connectivity index (χ4v) is 2.32. The highest BCUT2D eigenvalue weighted by Gasteiger charge is 2.65. The number of carbonyl (C=O) groups is 2. The molecule has 1 aromatic rings. The third kappa shape index (κ3) is 1.25. The first-order valence-corrected chi connectivity index (χ1v) is 5.39. The van der Waals surface area contributed by atoms with E-state index in [1.54, 1.807) is 7.11 Å². The van der Waals surface area contributed by atoms with E-state index < -0.39 is 0 Å². The summed E-state index contributed by atoms with van der Waals surface area (Å²) in [5.74, 6) is 0.530. The first-order valence-electron chi connectivity index (χ1n) is 5.39. The Labute approximate surface area is 98.6 Å². The number of carbonyl (C=O) groups excluding carboxylic acids is 2. The van der Waals surface area contributed by atoms with Crippen LogP contribution in [0.2, 0.25) is 0 Å². The molecule has 5 heteroatoms. The highest BCUT2D eigenvalue weighted by molar-refractivity contribution is 6.18. The van der Waals surface area contributed by atoms with Gasteiger partial charge < -0.3 is 9.64 Å². The lowest BCUT2D eigenvalue weighted by atomic mass is 10.3. The minimum Gasteiger partial charge on any atom is -0.497 e. The quantitative estimate of drug-likeness (QED) is 0.542. The van der Waals surface area contributed by atoms with Gasteiger partial charge in [0, 0.05) is 12.7 Å². The molecule has 2 aliphatic heterocycles. The number of ether oxygens (including phenoxy) is 1. The first-order chi connectivity index (χ1) is 8.15. The Kier molecular flexibility index (Phi) is 1.92. The van der Waals surface area contributed by atoms with Crippen molar-refractivity contribution in [2.24, 2.45) is 0 Å². The lowest BCUT2D eigenvalue weighted by molar-refractivity contribution is -0.138. The molecule has 0 aliphatic carbocycles. The van der Waals surface area contributed by atoms with Crippen molar-refractivity contribution in [3.63, 3.8) is 0 Å². The van der Waals surface area contributed by atoms with Gasteiger partial charge in [0.2, 0.25) is 0 Å². The van der Waals surface area contributed by atoms with Crippen LogP contribution < -0.4 is 9.64 Å². The number of imide groups is 1. The van der Waals surface area contributed by atoms with Gasteiger partial charge >= 0.3 is 0 Å².